The van der Waals surface area contributed by atoms with E-state index >= 15 is 0 Å². The van der Waals surface area contributed by atoms with E-state index in [0.717, 1.165) is 18.0 Å². The molecule has 0 spiro atoms. The van der Waals surface area contributed by atoms with Gasteiger partial charge < -0.3 is 15.2 Å². The van der Waals surface area contributed by atoms with Gasteiger partial charge in [-0.1, -0.05) is 30.3 Å². The maximum Gasteiger partial charge on any atom is 0.124 e. The molecule has 2 N–H and O–H groups in total. The van der Waals surface area contributed by atoms with Crippen LogP contribution in [0.2, 0.25) is 0 Å². The molecule has 1 fully saturated rings. The molecule has 0 radical (unpaired) electrons. The van der Waals surface area contributed by atoms with Crippen LogP contribution >= 0.6 is 0 Å². The fraction of sp³-hybridized carbons (Fsp3) is 0.333. The molecule has 2 aromatic carbocycles. The highest BCUT2D eigenvalue weighted by molar-refractivity contribution is 5.45. The van der Waals surface area contributed by atoms with Crippen LogP contribution in [0.5, 0.6) is 11.5 Å². The third-order valence-electron chi connectivity index (χ3n) is 3.99. The molecule has 3 nitrogen and oxygen atoms in total. The number of hydrogen-bond donors (Lipinski definition) is 2. The monoisotopic (exact) mass is 283 g/mol. The van der Waals surface area contributed by atoms with Gasteiger partial charge >= 0.3 is 0 Å². The van der Waals surface area contributed by atoms with E-state index in [1.807, 2.05) is 30.3 Å². The van der Waals surface area contributed by atoms with Gasteiger partial charge in [0, 0.05) is 11.6 Å². The summed E-state index contributed by atoms with van der Waals surface area (Å²) in [6.45, 7) is 0.991. The van der Waals surface area contributed by atoms with Crippen molar-refractivity contribution >= 4 is 0 Å². The summed E-state index contributed by atoms with van der Waals surface area (Å²) < 4.78 is 5.16. The minimum atomic E-state index is 0.0118. The molecule has 1 aliphatic rings. The van der Waals surface area contributed by atoms with Gasteiger partial charge in [-0.25, -0.2) is 0 Å². The van der Waals surface area contributed by atoms with Crippen LogP contribution in [-0.2, 0) is 0 Å². The van der Waals surface area contributed by atoms with Gasteiger partial charge in [0.25, 0.3) is 0 Å². The summed E-state index contributed by atoms with van der Waals surface area (Å²) in [5.41, 5.74) is 2.06. The Morgan fingerprint density at radius 3 is 2.57 bits per heavy atom. The zero-order chi connectivity index (χ0) is 14.7. The Labute approximate surface area is 125 Å². The fourth-order valence-electron chi connectivity index (χ4n) is 2.55. The zero-order valence-electron chi connectivity index (χ0n) is 12.3. The molecule has 0 bridgehead atoms. The fourth-order valence-corrected chi connectivity index (χ4v) is 2.55. The third-order valence-corrected chi connectivity index (χ3v) is 3.99. The smallest absolute Gasteiger partial charge is 0.124 e. The van der Waals surface area contributed by atoms with E-state index in [1.54, 1.807) is 13.2 Å². The highest BCUT2D eigenvalue weighted by Gasteiger charge is 2.24. The summed E-state index contributed by atoms with van der Waals surface area (Å²) in [5.74, 6) is 1.73. The summed E-state index contributed by atoms with van der Waals surface area (Å²) in [5, 5.41) is 13.9. The van der Waals surface area contributed by atoms with Crippen LogP contribution in [0.25, 0.3) is 0 Å². The van der Waals surface area contributed by atoms with E-state index in [2.05, 4.69) is 17.4 Å². The normalized spacial score (nSPS) is 15.7. The van der Waals surface area contributed by atoms with Crippen molar-refractivity contribution < 1.29 is 9.84 Å². The van der Waals surface area contributed by atoms with Crippen molar-refractivity contribution in [1.82, 2.24) is 5.32 Å². The Morgan fingerprint density at radius 1 is 1.19 bits per heavy atom. The number of nitrogens with one attached hydrogen (secondary N) is 1. The highest BCUT2D eigenvalue weighted by atomic mass is 16.5. The molecule has 1 saturated carbocycles. The van der Waals surface area contributed by atoms with Crippen LogP contribution in [0.15, 0.2) is 48.5 Å². The molecule has 0 amide bonds. The molecule has 0 saturated heterocycles. The largest absolute Gasteiger partial charge is 0.507 e. The van der Waals surface area contributed by atoms with Gasteiger partial charge in [0.15, 0.2) is 0 Å². The quantitative estimate of drug-likeness (QED) is 0.852. The summed E-state index contributed by atoms with van der Waals surface area (Å²) in [7, 11) is 1.61. The number of methoxy groups -OCH3 is 1. The summed E-state index contributed by atoms with van der Waals surface area (Å²) >= 11 is 0. The molecule has 0 aromatic heterocycles. The van der Waals surface area contributed by atoms with E-state index in [4.69, 9.17) is 4.74 Å². The Bertz CT molecular complexity index is 593. The topological polar surface area (TPSA) is 41.5 Å². The standard InChI is InChI=1S/C18H21NO2/c1-21-15-9-10-16(17(20)11-15)18(19-12-13-7-8-13)14-5-3-2-4-6-14/h2-6,9-11,13,18-20H,7-8,12H2,1H3. The molecule has 0 aliphatic heterocycles. The Kier molecular flexibility index (Phi) is 4.11. The van der Waals surface area contributed by atoms with Crippen molar-refractivity contribution in [1.29, 1.82) is 0 Å². The first kappa shape index (κ1) is 14.0. The molecular formula is C18H21NO2. The molecule has 3 rings (SSSR count). The highest BCUT2D eigenvalue weighted by Crippen LogP contribution is 2.34. The van der Waals surface area contributed by atoms with Crippen LogP contribution in [0.3, 0.4) is 0 Å². The lowest BCUT2D eigenvalue weighted by Gasteiger charge is -2.21. The first-order valence-corrected chi connectivity index (χ1v) is 7.43. The molecule has 21 heavy (non-hydrogen) atoms. The first-order chi connectivity index (χ1) is 10.3. The molecule has 2 aromatic rings. The molecule has 1 atom stereocenters. The first-order valence-electron chi connectivity index (χ1n) is 7.43. The van der Waals surface area contributed by atoms with Gasteiger partial charge in [-0.2, -0.15) is 0 Å². The van der Waals surface area contributed by atoms with Gasteiger partial charge in [0.1, 0.15) is 11.5 Å². The van der Waals surface area contributed by atoms with Crippen LogP contribution in [-0.4, -0.2) is 18.8 Å². The summed E-state index contributed by atoms with van der Waals surface area (Å²) in [6.07, 6.45) is 2.62. The SMILES string of the molecule is COc1ccc(C(NCC2CC2)c2ccccc2)c(O)c1. The van der Waals surface area contributed by atoms with E-state index in [9.17, 15) is 5.11 Å². The summed E-state index contributed by atoms with van der Waals surface area (Å²) in [4.78, 5) is 0. The number of benzene rings is 2. The number of aromatic hydroxyl groups is 1. The number of rotatable bonds is 6. The lowest BCUT2D eigenvalue weighted by molar-refractivity contribution is 0.404. The maximum atomic E-state index is 10.3. The molecular weight excluding hydrogens is 262 g/mol. The van der Waals surface area contributed by atoms with Gasteiger partial charge in [0.2, 0.25) is 0 Å². The lowest BCUT2D eigenvalue weighted by Crippen LogP contribution is -2.24. The van der Waals surface area contributed by atoms with Gasteiger partial charge in [-0.15, -0.1) is 0 Å². The molecule has 110 valence electrons. The van der Waals surface area contributed by atoms with Crippen LogP contribution in [0.1, 0.15) is 30.0 Å². The second-order valence-electron chi connectivity index (χ2n) is 5.62. The molecule has 0 heterocycles. The maximum absolute atomic E-state index is 10.3. The van der Waals surface area contributed by atoms with Crippen molar-refractivity contribution in [2.45, 2.75) is 18.9 Å². The number of ether oxygens (including phenoxy) is 1. The van der Waals surface area contributed by atoms with Crippen molar-refractivity contribution in [2.24, 2.45) is 5.92 Å². The predicted octanol–water partition coefficient (Wildman–Crippen LogP) is 3.49. The van der Waals surface area contributed by atoms with E-state index in [0.29, 0.717) is 5.75 Å². The predicted molar refractivity (Wildman–Crippen MR) is 83.7 cm³/mol. The van der Waals surface area contributed by atoms with Crippen molar-refractivity contribution in [2.75, 3.05) is 13.7 Å². The Hall–Kier alpha value is -2.00. The number of phenols is 1. The number of hydrogen-bond acceptors (Lipinski definition) is 3. The third kappa shape index (κ3) is 3.37. The Morgan fingerprint density at radius 2 is 1.95 bits per heavy atom. The van der Waals surface area contributed by atoms with Crippen molar-refractivity contribution in [3.8, 4) is 11.5 Å². The van der Waals surface area contributed by atoms with Gasteiger partial charge in [0.05, 0.1) is 13.2 Å². The van der Waals surface area contributed by atoms with Crippen molar-refractivity contribution in [3.63, 3.8) is 0 Å². The minimum absolute atomic E-state index is 0.0118. The van der Waals surface area contributed by atoms with Crippen LogP contribution in [0.4, 0.5) is 0 Å². The molecule has 1 aliphatic carbocycles. The zero-order valence-corrected chi connectivity index (χ0v) is 12.3. The van der Waals surface area contributed by atoms with E-state index < -0.39 is 0 Å². The average molecular weight is 283 g/mol. The van der Waals surface area contributed by atoms with E-state index in [1.165, 1.54) is 18.4 Å². The molecule has 1 unspecified atom stereocenters. The summed E-state index contributed by atoms with van der Waals surface area (Å²) in [6, 6.07) is 15.8. The minimum Gasteiger partial charge on any atom is -0.507 e. The lowest BCUT2D eigenvalue weighted by atomic mass is 9.97. The van der Waals surface area contributed by atoms with Crippen LogP contribution < -0.4 is 10.1 Å². The van der Waals surface area contributed by atoms with Crippen LogP contribution in [0, 0.1) is 5.92 Å². The van der Waals surface area contributed by atoms with Gasteiger partial charge in [-0.05, 0) is 43.0 Å². The van der Waals surface area contributed by atoms with E-state index in [-0.39, 0.29) is 11.8 Å². The van der Waals surface area contributed by atoms with Gasteiger partial charge in [-0.3, -0.25) is 0 Å². The Balaban J connectivity index is 1.90. The van der Waals surface area contributed by atoms with Crippen molar-refractivity contribution in [3.05, 3.63) is 59.7 Å². The molecule has 3 heteroatoms. The second kappa shape index (κ2) is 6.19. The number of phenolic OH excluding ortho intramolecular Hbond substituents is 1. The second-order valence-corrected chi connectivity index (χ2v) is 5.62. The average Bonchev–Trinajstić information content (AvgIpc) is 3.34.